The number of para-hydroxylation sites is 2. The van der Waals surface area contributed by atoms with Crippen molar-refractivity contribution in [3.63, 3.8) is 0 Å². The Labute approximate surface area is 169 Å². The summed E-state index contributed by atoms with van der Waals surface area (Å²) in [6.07, 6.45) is 0.737. The van der Waals surface area contributed by atoms with Gasteiger partial charge in [-0.1, -0.05) is 12.1 Å². The molecule has 1 aromatic carbocycles. The molecule has 1 N–H and O–H groups in total. The first kappa shape index (κ1) is 19.8. The number of carbonyl (C=O) groups excluding carboxylic acids is 2. The molecule has 0 unspecified atom stereocenters. The summed E-state index contributed by atoms with van der Waals surface area (Å²) in [7, 11) is -3.15. The Bertz CT molecular complexity index is 940. The second-order valence-electron chi connectivity index (χ2n) is 7.41. The van der Waals surface area contributed by atoms with Crippen LogP contribution in [0, 0.1) is 0 Å². The van der Waals surface area contributed by atoms with E-state index in [0.29, 0.717) is 25.3 Å². The number of ether oxygens (including phenoxy) is 1. The SMILES string of the molecule is O=C(Nc1ccccc1N1CCOCC1)C1=NN([C@@H]2CCS(=O)(=O)C2)C(=O)CC1. The van der Waals surface area contributed by atoms with Gasteiger partial charge in [0.15, 0.2) is 9.84 Å². The summed E-state index contributed by atoms with van der Waals surface area (Å²) in [5.41, 5.74) is 1.83. The highest BCUT2D eigenvalue weighted by molar-refractivity contribution is 7.91. The van der Waals surface area contributed by atoms with Gasteiger partial charge in [0.05, 0.1) is 42.1 Å². The molecule has 0 saturated carbocycles. The number of benzene rings is 1. The van der Waals surface area contributed by atoms with Gasteiger partial charge in [-0.2, -0.15) is 5.10 Å². The average molecular weight is 420 g/mol. The Morgan fingerprint density at radius 1 is 1.17 bits per heavy atom. The monoisotopic (exact) mass is 420 g/mol. The fourth-order valence-electron chi connectivity index (χ4n) is 3.84. The molecule has 1 aromatic rings. The molecule has 0 spiro atoms. The van der Waals surface area contributed by atoms with Gasteiger partial charge in [-0.05, 0) is 18.6 Å². The Morgan fingerprint density at radius 2 is 1.93 bits per heavy atom. The zero-order chi connectivity index (χ0) is 20.4. The lowest BCUT2D eigenvalue weighted by Crippen LogP contribution is -2.42. The average Bonchev–Trinajstić information content (AvgIpc) is 3.09. The number of morpholine rings is 1. The molecule has 2 fully saturated rings. The Hall–Kier alpha value is -2.46. The minimum atomic E-state index is -3.15. The van der Waals surface area contributed by atoms with Gasteiger partial charge in [0, 0.05) is 25.9 Å². The van der Waals surface area contributed by atoms with E-state index in [4.69, 9.17) is 4.74 Å². The number of hydrogen-bond acceptors (Lipinski definition) is 7. The van der Waals surface area contributed by atoms with E-state index in [1.54, 1.807) is 0 Å². The summed E-state index contributed by atoms with van der Waals surface area (Å²) in [6, 6.07) is 7.05. The molecular weight excluding hydrogens is 396 g/mol. The number of hydrazone groups is 1. The van der Waals surface area contributed by atoms with Gasteiger partial charge in [0.1, 0.15) is 5.71 Å². The molecule has 0 radical (unpaired) electrons. The normalized spacial score (nSPS) is 24.3. The van der Waals surface area contributed by atoms with Crippen LogP contribution in [0.1, 0.15) is 19.3 Å². The van der Waals surface area contributed by atoms with E-state index in [-0.39, 0.29) is 41.9 Å². The third-order valence-electron chi connectivity index (χ3n) is 5.38. The van der Waals surface area contributed by atoms with Crippen LogP contribution >= 0.6 is 0 Å². The van der Waals surface area contributed by atoms with Crippen molar-refractivity contribution < 1.29 is 22.7 Å². The van der Waals surface area contributed by atoms with Gasteiger partial charge in [0.25, 0.3) is 5.91 Å². The minimum Gasteiger partial charge on any atom is -0.378 e. The number of nitrogens with one attached hydrogen (secondary N) is 1. The van der Waals surface area contributed by atoms with Gasteiger partial charge >= 0.3 is 0 Å². The molecule has 0 bridgehead atoms. The summed E-state index contributed by atoms with van der Waals surface area (Å²) in [5.74, 6) is -0.663. The van der Waals surface area contributed by atoms with Crippen molar-refractivity contribution in [2.75, 3.05) is 48.0 Å². The van der Waals surface area contributed by atoms with E-state index in [0.717, 1.165) is 18.8 Å². The summed E-state index contributed by atoms with van der Waals surface area (Å²) in [5, 5.41) is 8.36. The van der Waals surface area contributed by atoms with E-state index in [9.17, 15) is 18.0 Å². The number of anilines is 2. The standard InChI is InChI=1S/C19H24N4O5S/c24-18-6-5-16(21-23(18)14-7-12-29(26,27)13-14)19(25)20-15-3-1-2-4-17(15)22-8-10-28-11-9-22/h1-4,14H,5-13H2,(H,20,25)/t14-/m1/s1. The third kappa shape index (κ3) is 4.43. The fourth-order valence-corrected chi connectivity index (χ4v) is 5.53. The topological polar surface area (TPSA) is 108 Å². The first-order valence-corrected chi connectivity index (χ1v) is 11.6. The van der Waals surface area contributed by atoms with E-state index in [1.807, 2.05) is 24.3 Å². The molecule has 156 valence electrons. The largest absolute Gasteiger partial charge is 0.378 e. The molecule has 0 aromatic heterocycles. The van der Waals surface area contributed by atoms with Crippen molar-refractivity contribution in [2.24, 2.45) is 5.10 Å². The highest BCUT2D eigenvalue weighted by Crippen LogP contribution is 2.27. The van der Waals surface area contributed by atoms with Gasteiger partial charge in [-0.3, -0.25) is 9.59 Å². The van der Waals surface area contributed by atoms with Gasteiger partial charge in [-0.15, -0.1) is 0 Å². The van der Waals surface area contributed by atoms with E-state index in [2.05, 4.69) is 15.3 Å². The quantitative estimate of drug-likeness (QED) is 0.765. The molecule has 2 amide bonds. The van der Waals surface area contributed by atoms with Crippen LogP contribution in [0.5, 0.6) is 0 Å². The zero-order valence-corrected chi connectivity index (χ0v) is 16.9. The smallest absolute Gasteiger partial charge is 0.271 e. The summed E-state index contributed by atoms with van der Waals surface area (Å²) < 4.78 is 28.9. The van der Waals surface area contributed by atoms with Crippen LogP contribution in [0.2, 0.25) is 0 Å². The Morgan fingerprint density at radius 3 is 2.66 bits per heavy atom. The molecule has 2 saturated heterocycles. The number of amides is 2. The second kappa shape index (κ2) is 8.11. The van der Waals surface area contributed by atoms with Crippen LogP contribution < -0.4 is 10.2 Å². The molecule has 0 aliphatic carbocycles. The predicted molar refractivity (Wildman–Crippen MR) is 109 cm³/mol. The summed E-state index contributed by atoms with van der Waals surface area (Å²) in [4.78, 5) is 27.3. The first-order chi connectivity index (χ1) is 13.9. The van der Waals surface area contributed by atoms with Crippen molar-refractivity contribution in [1.29, 1.82) is 0 Å². The Balaban J connectivity index is 1.51. The molecule has 3 aliphatic heterocycles. The highest BCUT2D eigenvalue weighted by Gasteiger charge is 2.37. The summed E-state index contributed by atoms with van der Waals surface area (Å²) in [6.45, 7) is 2.76. The van der Waals surface area contributed by atoms with E-state index >= 15 is 0 Å². The number of sulfone groups is 1. The molecule has 9 nitrogen and oxygen atoms in total. The summed E-state index contributed by atoms with van der Waals surface area (Å²) >= 11 is 0. The van der Waals surface area contributed by atoms with Gasteiger partial charge in [-0.25, -0.2) is 13.4 Å². The predicted octanol–water partition coefficient (Wildman–Crippen LogP) is 0.627. The first-order valence-electron chi connectivity index (χ1n) is 9.76. The van der Waals surface area contributed by atoms with E-state index in [1.165, 1.54) is 5.01 Å². The second-order valence-corrected chi connectivity index (χ2v) is 9.64. The Kier molecular flexibility index (Phi) is 5.55. The maximum absolute atomic E-state index is 12.9. The van der Waals surface area contributed by atoms with Crippen molar-refractivity contribution >= 4 is 38.7 Å². The van der Waals surface area contributed by atoms with Crippen LogP contribution in [0.15, 0.2) is 29.4 Å². The molecule has 3 aliphatic rings. The van der Waals surface area contributed by atoms with Gasteiger partial charge < -0.3 is 15.0 Å². The highest BCUT2D eigenvalue weighted by atomic mass is 32.2. The van der Waals surface area contributed by atoms with E-state index < -0.39 is 15.9 Å². The number of carbonyl (C=O) groups is 2. The maximum Gasteiger partial charge on any atom is 0.271 e. The fraction of sp³-hybridized carbons (Fsp3) is 0.526. The maximum atomic E-state index is 12.9. The van der Waals surface area contributed by atoms with Crippen molar-refractivity contribution in [3.05, 3.63) is 24.3 Å². The lowest BCUT2D eigenvalue weighted by atomic mass is 10.1. The number of rotatable bonds is 4. The van der Waals surface area contributed by atoms with Crippen LogP contribution in [0.4, 0.5) is 11.4 Å². The van der Waals surface area contributed by atoms with Crippen LogP contribution in [0.3, 0.4) is 0 Å². The van der Waals surface area contributed by atoms with Crippen molar-refractivity contribution in [2.45, 2.75) is 25.3 Å². The molecular formula is C19H24N4O5S. The van der Waals surface area contributed by atoms with Gasteiger partial charge in [0.2, 0.25) is 5.91 Å². The molecule has 10 heteroatoms. The van der Waals surface area contributed by atoms with Crippen molar-refractivity contribution in [1.82, 2.24) is 5.01 Å². The molecule has 3 heterocycles. The number of hydrogen-bond donors (Lipinski definition) is 1. The molecule has 4 rings (SSSR count). The van der Waals surface area contributed by atoms with Crippen LogP contribution in [-0.4, -0.2) is 74.8 Å². The lowest BCUT2D eigenvalue weighted by molar-refractivity contribution is -0.133. The molecule has 29 heavy (non-hydrogen) atoms. The zero-order valence-electron chi connectivity index (χ0n) is 16.0. The van der Waals surface area contributed by atoms with Crippen LogP contribution in [-0.2, 0) is 24.2 Å². The third-order valence-corrected chi connectivity index (χ3v) is 7.13. The lowest BCUT2D eigenvalue weighted by Gasteiger charge is -2.31. The minimum absolute atomic E-state index is 0.0470. The molecule has 1 atom stereocenters. The number of nitrogens with zero attached hydrogens (tertiary/aromatic N) is 3. The van der Waals surface area contributed by atoms with Crippen LogP contribution in [0.25, 0.3) is 0 Å². The van der Waals surface area contributed by atoms with Crippen molar-refractivity contribution in [3.8, 4) is 0 Å².